The van der Waals surface area contributed by atoms with E-state index in [-0.39, 0.29) is 11.9 Å². The largest absolute Gasteiger partial charge is 0.469 e. The third kappa shape index (κ3) is 8.23. The molecule has 3 atom stereocenters. The lowest BCUT2D eigenvalue weighted by atomic mass is 9.90. The summed E-state index contributed by atoms with van der Waals surface area (Å²) < 4.78 is 4.75. The van der Waals surface area contributed by atoms with Gasteiger partial charge in [-0.25, -0.2) is 0 Å². The molecule has 0 radical (unpaired) electrons. The molecule has 0 spiro atoms. The van der Waals surface area contributed by atoms with Crippen LogP contribution in [0.25, 0.3) is 0 Å². The van der Waals surface area contributed by atoms with Crippen LogP contribution < -0.4 is 0 Å². The van der Waals surface area contributed by atoms with E-state index in [1.165, 1.54) is 39.2 Å². The zero-order valence-electron chi connectivity index (χ0n) is 12.3. The fourth-order valence-electron chi connectivity index (χ4n) is 2.47. The molecule has 0 N–H and O–H groups in total. The van der Waals surface area contributed by atoms with Gasteiger partial charge in [-0.15, -0.1) is 0 Å². The summed E-state index contributed by atoms with van der Waals surface area (Å²) in [6.07, 6.45) is 7.42. The van der Waals surface area contributed by atoms with Gasteiger partial charge in [0.2, 0.25) is 0 Å². The van der Waals surface area contributed by atoms with Gasteiger partial charge in [-0.3, -0.25) is 4.79 Å². The molecule has 2 nitrogen and oxygen atoms in total. The van der Waals surface area contributed by atoms with Gasteiger partial charge in [0.25, 0.3) is 0 Å². The molecule has 0 aliphatic heterocycles. The third-order valence-corrected chi connectivity index (χ3v) is 3.53. The van der Waals surface area contributed by atoms with E-state index in [0.717, 1.165) is 12.3 Å². The summed E-state index contributed by atoms with van der Waals surface area (Å²) in [4.78, 5) is 11.3. The van der Waals surface area contributed by atoms with Crippen LogP contribution in [0.3, 0.4) is 0 Å². The van der Waals surface area contributed by atoms with E-state index in [0.29, 0.717) is 5.92 Å². The van der Waals surface area contributed by atoms with E-state index in [2.05, 4.69) is 20.8 Å². The lowest BCUT2D eigenvalue weighted by Gasteiger charge is -2.16. The van der Waals surface area contributed by atoms with Gasteiger partial charge in [0.05, 0.1) is 13.0 Å². The van der Waals surface area contributed by atoms with Crippen molar-refractivity contribution in [2.24, 2.45) is 17.8 Å². The molecule has 0 bridgehead atoms. The Morgan fingerprint density at radius 3 is 2.18 bits per heavy atom. The van der Waals surface area contributed by atoms with E-state index in [9.17, 15) is 4.79 Å². The minimum absolute atomic E-state index is 0.0445. The zero-order chi connectivity index (χ0) is 13.3. The summed E-state index contributed by atoms with van der Waals surface area (Å²) in [5.41, 5.74) is 0. The highest BCUT2D eigenvalue weighted by atomic mass is 16.5. The molecule has 0 aromatic heterocycles. The van der Waals surface area contributed by atoms with Gasteiger partial charge in [-0.1, -0.05) is 59.8 Å². The first-order valence-electron chi connectivity index (χ1n) is 7.09. The number of rotatable bonds is 9. The third-order valence-electron chi connectivity index (χ3n) is 3.53. The minimum atomic E-state index is -0.0730. The molecule has 0 amide bonds. The summed E-state index contributed by atoms with van der Waals surface area (Å²) in [6, 6.07) is 0. The highest BCUT2D eigenvalue weighted by molar-refractivity contribution is 5.71. The quantitative estimate of drug-likeness (QED) is 0.559. The molecular weight excluding hydrogens is 212 g/mol. The number of hydrogen-bond donors (Lipinski definition) is 0. The van der Waals surface area contributed by atoms with Crippen molar-refractivity contribution in [2.75, 3.05) is 7.11 Å². The Labute approximate surface area is 107 Å². The summed E-state index contributed by atoms with van der Waals surface area (Å²) in [5, 5.41) is 0. The summed E-state index contributed by atoms with van der Waals surface area (Å²) in [7, 11) is 1.47. The molecule has 0 saturated heterocycles. The standard InChI is InChI=1S/C15H30O2/c1-6-8-12(2)9-7-10-13(3)11-14(4)15(16)17-5/h12-14H,6-11H2,1-5H3/t12-,13-,14+/m0/s1. The predicted octanol–water partition coefficient (Wildman–Crippen LogP) is 4.43. The Balaban J connectivity index is 3.65. The molecule has 0 rings (SSSR count). The summed E-state index contributed by atoms with van der Waals surface area (Å²) in [6.45, 7) is 8.79. The second-order valence-electron chi connectivity index (χ2n) is 5.59. The van der Waals surface area contributed by atoms with E-state index < -0.39 is 0 Å². The lowest BCUT2D eigenvalue weighted by molar-refractivity contribution is -0.145. The van der Waals surface area contributed by atoms with Crippen molar-refractivity contribution in [1.29, 1.82) is 0 Å². The average molecular weight is 242 g/mol. The molecule has 0 saturated carbocycles. The van der Waals surface area contributed by atoms with E-state index in [1.807, 2.05) is 6.92 Å². The Morgan fingerprint density at radius 1 is 1.06 bits per heavy atom. The minimum Gasteiger partial charge on any atom is -0.469 e. The van der Waals surface area contributed by atoms with Crippen molar-refractivity contribution in [2.45, 2.75) is 66.2 Å². The number of methoxy groups -OCH3 is 1. The molecular formula is C15H30O2. The van der Waals surface area contributed by atoms with Crippen LogP contribution in [0.5, 0.6) is 0 Å². The first-order valence-corrected chi connectivity index (χ1v) is 7.09. The Hall–Kier alpha value is -0.530. The van der Waals surface area contributed by atoms with Gasteiger partial charge in [0.1, 0.15) is 0 Å². The second-order valence-corrected chi connectivity index (χ2v) is 5.59. The maximum Gasteiger partial charge on any atom is 0.308 e. The first-order chi connectivity index (χ1) is 8.01. The van der Waals surface area contributed by atoms with Gasteiger partial charge in [-0.05, 0) is 18.3 Å². The Kier molecular flexibility index (Phi) is 9.20. The molecule has 0 aromatic carbocycles. The molecule has 2 heteroatoms. The van der Waals surface area contributed by atoms with E-state index >= 15 is 0 Å². The van der Waals surface area contributed by atoms with Crippen molar-refractivity contribution in [3.05, 3.63) is 0 Å². The normalized spacial score (nSPS) is 16.3. The summed E-state index contributed by atoms with van der Waals surface area (Å²) in [5.74, 6) is 1.45. The van der Waals surface area contributed by atoms with Crippen molar-refractivity contribution < 1.29 is 9.53 Å². The van der Waals surface area contributed by atoms with Crippen LogP contribution in [0.1, 0.15) is 66.2 Å². The van der Waals surface area contributed by atoms with Crippen molar-refractivity contribution in [1.82, 2.24) is 0 Å². The molecule has 0 aromatic rings. The number of hydrogen-bond acceptors (Lipinski definition) is 2. The first kappa shape index (κ1) is 16.5. The van der Waals surface area contributed by atoms with Crippen molar-refractivity contribution in [3.8, 4) is 0 Å². The maximum absolute atomic E-state index is 11.3. The Morgan fingerprint density at radius 2 is 1.65 bits per heavy atom. The highest BCUT2D eigenvalue weighted by Crippen LogP contribution is 2.21. The summed E-state index contributed by atoms with van der Waals surface area (Å²) >= 11 is 0. The monoisotopic (exact) mass is 242 g/mol. The fourth-order valence-corrected chi connectivity index (χ4v) is 2.47. The van der Waals surface area contributed by atoms with Crippen LogP contribution in [-0.2, 0) is 9.53 Å². The highest BCUT2D eigenvalue weighted by Gasteiger charge is 2.16. The SMILES string of the molecule is CCC[C@H](C)CCC[C@H](C)C[C@@H](C)C(=O)OC. The van der Waals surface area contributed by atoms with Crippen LogP contribution >= 0.6 is 0 Å². The zero-order valence-corrected chi connectivity index (χ0v) is 12.3. The molecule has 0 aliphatic carbocycles. The van der Waals surface area contributed by atoms with Crippen LogP contribution in [0, 0.1) is 17.8 Å². The van der Waals surface area contributed by atoms with Crippen molar-refractivity contribution in [3.63, 3.8) is 0 Å². The molecule has 0 unspecified atom stereocenters. The number of esters is 1. The van der Waals surface area contributed by atoms with Gasteiger partial charge < -0.3 is 4.74 Å². The lowest BCUT2D eigenvalue weighted by Crippen LogP contribution is -2.15. The van der Waals surface area contributed by atoms with Crippen molar-refractivity contribution >= 4 is 5.97 Å². The predicted molar refractivity (Wildman–Crippen MR) is 72.9 cm³/mol. The number of carbonyl (C=O) groups excluding carboxylic acids is 1. The molecule has 0 aliphatic rings. The fraction of sp³-hybridized carbons (Fsp3) is 0.933. The maximum atomic E-state index is 11.3. The van der Waals surface area contributed by atoms with Crippen LogP contribution in [0.2, 0.25) is 0 Å². The van der Waals surface area contributed by atoms with Crippen LogP contribution in [0.15, 0.2) is 0 Å². The number of carbonyl (C=O) groups is 1. The van der Waals surface area contributed by atoms with Crippen LogP contribution in [-0.4, -0.2) is 13.1 Å². The van der Waals surface area contributed by atoms with Crippen LogP contribution in [0.4, 0.5) is 0 Å². The molecule has 0 fully saturated rings. The smallest absolute Gasteiger partial charge is 0.308 e. The van der Waals surface area contributed by atoms with E-state index in [1.54, 1.807) is 0 Å². The average Bonchev–Trinajstić information content (AvgIpc) is 2.28. The number of ether oxygens (including phenoxy) is 1. The second kappa shape index (κ2) is 9.49. The molecule has 102 valence electrons. The van der Waals surface area contributed by atoms with Gasteiger partial charge >= 0.3 is 5.97 Å². The topological polar surface area (TPSA) is 26.3 Å². The van der Waals surface area contributed by atoms with Gasteiger partial charge in [0, 0.05) is 0 Å². The molecule has 17 heavy (non-hydrogen) atoms. The van der Waals surface area contributed by atoms with E-state index in [4.69, 9.17) is 4.74 Å². The van der Waals surface area contributed by atoms with Gasteiger partial charge in [0.15, 0.2) is 0 Å². The molecule has 0 heterocycles. The van der Waals surface area contributed by atoms with Gasteiger partial charge in [-0.2, -0.15) is 0 Å². The Bertz CT molecular complexity index is 201.